The second-order valence-corrected chi connectivity index (χ2v) is 5.23. The van der Waals surface area contributed by atoms with Crippen molar-refractivity contribution in [3.8, 4) is 0 Å². The van der Waals surface area contributed by atoms with E-state index >= 15 is 0 Å². The number of nitrogens with one attached hydrogen (secondary N) is 1. The van der Waals surface area contributed by atoms with Crippen LogP contribution in [0.2, 0.25) is 5.02 Å². The van der Waals surface area contributed by atoms with E-state index in [1.165, 1.54) is 0 Å². The minimum Gasteiger partial charge on any atom is -0.310 e. The summed E-state index contributed by atoms with van der Waals surface area (Å²) in [7, 11) is 0. The lowest BCUT2D eigenvalue weighted by molar-refractivity contribution is 0.588. The molecule has 17 heavy (non-hydrogen) atoms. The van der Waals surface area contributed by atoms with Crippen molar-refractivity contribution in [1.29, 1.82) is 0 Å². The van der Waals surface area contributed by atoms with E-state index in [2.05, 4.69) is 23.9 Å². The first-order valence-electron chi connectivity index (χ1n) is 5.81. The second kappa shape index (κ2) is 7.80. The van der Waals surface area contributed by atoms with Gasteiger partial charge in [0, 0.05) is 31.1 Å². The fourth-order valence-electron chi connectivity index (χ4n) is 1.56. The molecule has 3 nitrogen and oxygen atoms in total. The lowest BCUT2D eigenvalue weighted by atomic mass is 10.3. The van der Waals surface area contributed by atoms with Gasteiger partial charge in [0.2, 0.25) is 0 Å². The van der Waals surface area contributed by atoms with Crippen molar-refractivity contribution in [2.75, 3.05) is 18.1 Å². The summed E-state index contributed by atoms with van der Waals surface area (Å²) in [6.07, 6.45) is 1.93. The van der Waals surface area contributed by atoms with Crippen LogP contribution in [-0.2, 0) is 13.1 Å². The van der Waals surface area contributed by atoms with Crippen molar-refractivity contribution in [2.45, 2.75) is 26.9 Å². The molecular formula is C12H20ClN3S. The number of aryl methyl sites for hydroxylation is 2. The summed E-state index contributed by atoms with van der Waals surface area (Å²) >= 11 is 8.09. The summed E-state index contributed by atoms with van der Waals surface area (Å²) in [5, 5.41) is 8.56. The topological polar surface area (TPSA) is 29.9 Å². The molecular weight excluding hydrogens is 254 g/mol. The SMILES string of the molecule is C=CCSCCNCc1c(Cl)c(C)nn1CC. The Hall–Kier alpha value is -0.450. The highest BCUT2D eigenvalue weighted by atomic mass is 35.5. The van der Waals surface area contributed by atoms with Gasteiger partial charge >= 0.3 is 0 Å². The lowest BCUT2D eigenvalue weighted by Gasteiger charge is -2.07. The molecule has 1 rings (SSSR count). The zero-order chi connectivity index (χ0) is 12.7. The highest BCUT2D eigenvalue weighted by Crippen LogP contribution is 2.19. The Morgan fingerprint density at radius 2 is 2.35 bits per heavy atom. The molecule has 1 aromatic heterocycles. The summed E-state index contributed by atoms with van der Waals surface area (Å²) in [5.74, 6) is 2.09. The number of hydrogen-bond donors (Lipinski definition) is 1. The Balaban J connectivity index is 2.38. The van der Waals surface area contributed by atoms with E-state index in [1.54, 1.807) is 0 Å². The van der Waals surface area contributed by atoms with Crippen LogP contribution in [0.25, 0.3) is 0 Å². The van der Waals surface area contributed by atoms with Crippen LogP contribution in [0.1, 0.15) is 18.3 Å². The van der Waals surface area contributed by atoms with Gasteiger partial charge in [-0.3, -0.25) is 4.68 Å². The molecule has 1 heterocycles. The first-order valence-corrected chi connectivity index (χ1v) is 7.35. The number of nitrogens with zero attached hydrogens (tertiary/aromatic N) is 2. The van der Waals surface area contributed by atoms with Crippen molar-refractivity contribution >= 4 is 23.4 Å². The van der Waals surface area contributed by atoms with Crippen molar-refractivity contribution in [1.82, 2.24) is 15.1 Å². The molecule has 0 aromatic carbocycles. The Morgan fingerprint density at radius 1 is 1.59 bits per heavy atom. The minimum absolute atomic E-state index is 0.780. The first-order chi connectivity index (χ1) is 8.20. The van der Waals surface area contributed by atoms with E-state index in [1.807, 2.05) is 29.4 Å². The maximum Gasteiger partial charge on any atom is 0.0860 e. The van der Waals surface area contributed by atoms with Crippen LogP contribution in [0, 0.1) is 6.92 Å². The van der Waals surface area contributed by atoms with Gasteiger partial charge < -0.3 is 5.32 Å². The van der Waals surface area contributed by atoms with E-state index in [9.17, 15) is 0 Å². The molecule has 96 valence electrons. The molecule has 1 N–H and O–H groups in total. The van der Waals surface area contributed by atoms with Gasteiger partial charge in [-0.15, -0.1) is 6.58 Å². The third-order valence-corrected chi connectivity index (χ3v) is 3.86. The summed E-state index contributed by atoms with van der Waals surface area (Å²) < 4.78 is 1.96. The molecule has 0 fully saturated rings. The van der Waals surface area contributed by atoms with Gasteiger partial charge in [0.15, 0.2) is 0 Å². The summed E-state index contributed by atoms with van der Waals surface area (Å²) in [5.41, 5.74) is 1.99. The van der Waals surface area contributed by atoms with Gasteiger partial charge in [-0.1, -0.05) is 17.7 Å². The Bertz CT molecular complexity index is 363. The summed E-state index contributed by atoms with van der Waals surface area (Å²) in [6.45, 7) is 10.3. The van der Waals surface area contributed by atoms with Crippen LogP contribution in [0.3, 0.4) is 0 Å². The average Bonchev–Trinajstić information content (AvgIpc) is 2.60. The number of hydrogen-bond acceptors (Lipinski definition) is 3. The van der Waals surface area contributed by atoms with Crippen molar-refractivity contribution in [3.63, 3.8) is 0 Å². The number of halogens is 1. The van der Waals surface area contributed by atoms with Crippen LogP contribution in [0.4, 0.5) is 0 Å². The monoisotopic (exact) mass is 273 g/mol. The second-order valence-electron chi connectivity index (χ2n) is 3.70. The third kappa shape index (κ3) is 4.37. The molecule has 0 aliphatic heterocycles. The molecule has 0 saturated heterocycles. The van der Waals surface area contributed by atoms with Crippen molar-refractivity contribution in [2.24, 2.45) is 0 Å². The Labute approximate surface area is 113 Å². The van der Waals surface area contributed by atoms with E-state index in [4.69, 9.17) is 11.6 Å². The maximum absolute atomic E-state index is 6.21. The fraction of sp³-hybridized carbons (Fsp3) is 0.583. The van der Waals surface area contributed by atoms with Gasteiger partial charge in [-0.25, -0.2) is 0 Å². The summed E-state index contributed by atoms with van der Waals surface area (Å²) in [4.78, 5) is 0. The average molecular weight is 274 g/mol. The molecule has 0 spiro atoms. The Kier molecular flexibility index (Phi) is 6.70. The van der Waals surface area contributed by atoms with Gasteiger partial charge in [-0.05, 0) is 13.8 Å². The minimum atomic E-state index is 0.780. The molecule has 1 aromatic rings. The van der Waals surface area contributed by atoms with E-state index in [0.29, 0.717) is 0 Å². The predicted octanol–water partition coefficient (Wildman–Crippen LogP) is 2.87. The van der Waals surface area contributed by atoms with Crippen molar-refractivity contribution < 1.29 is 0 Å². The molecule has 0 aliphatic carbocycles. The van der Waals surface area contributed by atoms with E-state index < -0.39 is 0 Å². The first kappa shape index (κ1) is 14.6. The zero-order valence-corrected chi connectivity index (χ0v) is 12.1. The van der Waals surface area contributed by atoms with Crippen LogP contribution < -0.4 is 5.32 Å². The predicted molar refractivity (Wildman–Crippen MR) is 76.9 cm³/mol. The zero-order valence-electron chi connectivity index (χ0n) is 10.5. The van der Waals surface area contributed by atoms with E-state index in [-0.39, 0.29) is 0 Å². The smallest absolute Gasteiger partial charge is 0.0860 e. The summed E-state index contributed by atoms with van der Waals surface area (Å²) in [6, 6.07) is 0. The quantitative estimate of drug-likeness (QED) is 0.583. The highest BCUT2D eigenvalue weighted by molar-refractivity contribution is 7.99. The van der Waals surface area contributed by atoms with E-state index in [0.717, 1.165) is 47.6 Å². The molecule has 5 heteroatoms. The number of thioether (sulfide) groups is 1. The van der Waals surface area contributed by atoms with Gasteiger partial charge in [-0.2, -0.15) is 16.9 Å². The molecule has 0 amide bonds. The van der Waals surface area contributed by atoms with Gasteiger partial charge in [0.25, 0.3) is 0 Å². The Morgan fingerprint density at radius 3 is 3.00 bits per heavy atom. The molecule has 0 radical (unpaired) electrons. The molecule has 0 saturated carbocycles. The lowest BCUT2D eigenvalue weighted by Crippen LogP contribution is -2.19. The fourth-order valence-corrected chi connectivity index (χ4v) is 2.38. The number of aromatic nitrogens is 2. The normalized spacial score (nSPS) is 10.8. The molecule has 0 bridgehead atoms. The van der Waals surface area contributed by atoms with Crippen molar-refractivity contribution in [3.05, 3.63) is 29.1 Å². The molecule has 0 unspecified atom stereocenters. The van der Waals surface area contributed by atoms with Gasteiger partial charge in [0.05, 0.1) is 16.4 Å². The van der Waals surface area contributed by atoms with Crippen LogP contribution in [0.15, 0.2) is 12.7 Å². The standard InChI is InChI=1S/C12H20ClN3S/c1-4-7-17-8-6-14-9-11-12(13)10(3)15-16(11)5-2/h4,14H,1,5-9H2,2-3H3. The largest absolute Gasteiger partial charge is 0.310 e. The van der Waals surface area contributed by atoms with Crippen LogP contribution >= 0.6 is 23.4 Å². The maximum atomic E-state index is 6.21. The number of rotatable bonds is 8. The highest BCUT2D eigenvalue weighted by Gasteiger charge is 2.11. The molecule has 0 aliphatic rings. The molecule has 0 atom stereocenters. The van der Waals surface area contributed by atoms with Crippen LogP contribution in [0.5, 0.6) is 0 Å². The van der Waals surface area contributed by atoms with Gasteiger partial charge in [0.1, 0.15) is 0 Å². The van der Waals surface area contributed by atoms with Crippen LogP contribution in [-0.4, -0.2) is 27.8 Å². The third-order valence-electron chi connectivity index (χ3n) is 2.40.